The van der Waals surface area contributed by atoms with Gasteiger partial charge in [-0.1, -0.05) is 25.5 Å². The molecule has 1 amide bonds. The van der Waals surface area contributed by atoms with Crippen LogP contribution in [0.25, 0.3) is 0 Å². The fraction of sp³-hybridized carbons (Fsp3) is 0.562. The molecule has 1 atom stereocenters. The summed E-state index contributed by atoms with van der Waals surface area (Å²) in [5.74, 6) is 1.54. The first-order chi connectivity index (χ1) is 9.63. The van der Waals surface area contributed by atoms with Crippen molar-refractivity contribution in [1.82, 2.24) is 4.90 Å². The second-order valence-electron chi connectivity index (χ2n) is 5.05. The van der Waals surface area contributed by atoms with Crippen molar-refractivity contribution in [2.75, 3.05) is 31.2 Å². The number of amides is 1. The minimum atomic E-state index is 0.0792. The van der Waals surface area contributed by atoms with Crippen molar-refractivity contribution in [3.8, 4) is 0 Å². The van der Waals surface area contributed by atoms with Gasteiger partial charge in [0.1, 0.15) is 0 Å². The van der Waals surface area contributed by atoms with Crippen molar-refractivity contribution in [2.24, 2.45) is 5.92 Å². The number of nitrogens with zero attached hydrogens (tertiary/aromatic N) is 1. The largest absolute Gasteiger partial charge is 0.385 e. The summed E-state index contributed by atoms with van der Waals surface area (Å²) >= 11 is 4.35. The maximum Gasteiger partial charge on any atom is 0.255 e. The zero-order valence-corrected chi connectivity index (χ0v) is 13.6. The Morgan fingerprint density at radius 2 is 2.05 bits per heavy atom. The van der Waals surface area contributed by atoms with Gasteiger partial charge >= 0.3 is 0 Å². The van der Waals surface area contributed by atoms with Gasteiger partial charge in [-0.3, -0.25) is 4.79 Å². The molecule has 0 fully saturated rings. The first kappa shape index (κ1) is 16.9. The van der Waals surface area contributed by atoms with Crippen LogP contribution in [-0.2, 0) is 0 Å². The Bertz CT molecular complexity index is 419. The predicted molar refractivity (Wildman–Crippen MR) is 89.8 cm³/mol. The molecule has 0 saturated heterocycles. The van der Waals surface area contributed by atoms with Gasteiger partial charge in [-0.2, -0.15) is 12.6 Å². The van der Waals surface area contributed by atoms with E-state index in [1.807, 2.05) is 43.1 Å². The monoisotopic (exact) mass is 294 g/mol. The van der Waals surface area contributed by atoms with Gasteiger partial charge in [-0.05, 0) is 37.1 Å². The van der Waals surface area contributed by atoms with E-state index in [0.29, 0.717) is 5.92 Å². The topological polar surface area (TPSA) is 32.3 Å². The van der Waals surface area contributed by atoms with Crippen LogP contribution in [0.1, 0.15) is 37.0 Å². The summed E-state index contributed by atoms with van der Waals surface area (Å²) < 4.78 is 0. The van der Waals surface area contributed by atoms with Gasteiger partial charge < -0.3 is 10.2 Å². The molecule has 0 spiro atoms. The van der Waals surface area contributed by atoms with E-state index in [1.165, 1.54) is 0 Å². The highest BCUT2D eigenvalue weighted by Gasteiger charge is 2.16. The van der Waals surface area contributed by atoms with Gasteiger partial charge in [0.25, 0.3) is 5.91 Å². The van der Waals surface area contributed by atoms with Crippen molar-refractivity contribution in [3.05, 3.63) is 29.8 Å². The summed E-state index contributed by atoms with van der Waals surface area (Å²) in [5, 5.41) is 3.24. The van der Waals surface area contributed by atoms with E-state index in [9.17, 15) is 4.79 Å². The van der Waals surface area contributed by atoms with Gasteiger partial charge in [0.15, 0.2) is 0 Å². The molecule has 3 nitrogen and oxygen atoms in total. The number of carbonyl (C=O) groups is 1. The van der Waals surface area contributed by atoms with E-state index in [2.05, 4.69) is 24.9 Å². The number of rotatable bonds is 8. The molecule has 1 aromatic carbocycles. The molecule has 0 bridgehead atoms. The molecule has 1 rings (SSSR count). The van der Waals surface area contributed by atoms with Gasteiger partial charge in [0.05, 0.1) is 5.56 Å². The molecule has 20 heavy (non-hydrogen) atoms. The molecule has 0 aliphatic carbocycles. The number of nitrogens with one attached hydrogen (secondary N) is 1. The van der Waals surface area contributed by atoms with E-state index in [-0.39, 0.29) is 5.91 Å². The molecule has 1 unspecified atom stereocenters. The highest BCUT2D eigenvalue weighted by Crippen LogP contribution is 2.18. The fourth-order valence-corrected chi connectivity index (χ4v) is 2.56. The number of anilines is 1. The van der Waals surface area contributed by atoms with Crippen LogP contribution in [0, 0.1) is 5.92 Å². The van der Waals surface area contributed by atoms with Crippen molar-refractivity contribution in [3.63, 3.8) is 0 Å². The number of para-hydroxylation sites is 1. The Balaban J connectivity index is 2.69. The zero-order chi connectivity index (χ0) is 15.0. The lowest BCUT2D eigenvalue weighted by Crippen LogP contribution is -2.29. The number of hydrogen-bond acceptors (Lipinski definition) is 3. The third kappa shape index (κ3) is 4.75. The molecule has 0 saturated carbocycles. The van der Waals surface area contributed by atoms with E-state index in [4.69, 9.17) is 0 Å². The van der Waals surface area contributed by atoms with Gasteiger partial charge in [0, 0.05) is 25.8 Å². The Kier molecular flexibility index (Phi) is 7.52. The summed E-state index contributed by atoms with van der Waals surface area (Å²) in [6.45, 7) is 5.79. The molecular weight excluding hydrogens is 268 g/mol. The van der Waals surface area contributed by atoms with Crippen LogP contribution in [0.4, 0.5) is 5.69 Å². The molecule has 0 heterocycles. The predicted octanol–water partition coefficient (Wildman–Crippen LogP) is 3.54. The molecule has 0 aliphatic rings. The number of benzene rings is 1. The Labute approximate surface area is 128 Å². The maximum absolute atomic E-state index is 12.5. The Morgan fingerprint density at radius 3 is 2.65 bits per heavy atom. The average molecular weight is 294 g/mol. The Morgan fingerprint density at radius 1 is 1.35 bits per heavy atom. The zero-order valence-electron chi connectivity index (χ0n) is 12.7. The minimum absolute atomic E-state index is 0.0792. The molecule has 4 heteroatoms. The lowest BCUT2D eigenvalue weighted by atomic mass is 10.0. The van der Waals surface area contributed by atoms with E-state index >= 15 is 0 Å². The lowest BCUT2D eigenvalue weighted by molar-refractivity contribution is 0.0789. The summed E-state index contributed by atoms with van der Waals surface area (Å²) in [6.07, 6.45) is 2.12. The lowest BCUT2D eigenvalue weighted by Gasteiger charge is -2.21. The third-order valence-electron chi connectivity index (χ3n) is 3.58. The van der Waals surface area contributed by atoms with Crippen LogP contribution in [0.5, 0.6) is 0 Å². The second kappa shape index (κ2) is 8.90. The molecule has 112 valence electrons. The summed E-state index contributed by atoms with van der Waals surface area (Å²) in [7, 11) is 1.87. The molecule has 1 N–H and O–H groups in total. The normalized spacial score (nSPS) is 12.0. The highest BCUT2D eigenvalue weighted by atomic mass is 32.1. The number of thiol groups is 1. The van der Waals surface area contributed by atoms with Crippen LogP contribution in [0.2, 0.25) is 0 Å². The molecular formula is C16H26N2OS. The first-order valence-corrected chi connectivity index (χ1v) is 7.96. The smallest absolute Gasteiger partial charge is 0.255 e. The molecule has 0 aliphatic heterocycles. The molecule has 0 radical (unpaired) electrons. The van der Waals surface area contributed by atoms with Crippen molar-refractivity contribution in [2.45, 2.75) is 26.7 Å². The number of hydrogen-bond donors (Lipinski definition) is 2. The van der Waals surface area contributed by atoms with E-state index in [1.54, 1.807) is 0 Å². The van der Waals surface area contributed by atoms with E-state index in [0.717, 1.165) is 42.9 Å². The fourth-order valence-electron chi connectivity index (χ4n) is 2.12. The quantitative estimate of drug-likeness (QED) is 0.719. The standard InChI is InChI=1S/C16H26N2OS/c1-4-13(12-20)10-11-18(3)16(19)14-8-6-7-9-15(14)17-5-2/h6-9,13,17,20H,4-5,10-12H2,1-3H3. The van der Waals surface area contributed by atoms with E-state index < -0.39 is 0 Å². The SMILES string of the molecule is CCNc1ccccc1C(=O)N(C)CCC(CC)CS. The average Bonchev–Trinajstić information content (AvgIpc) is 2.48. The van der Waals surface area contributed by atoms with Crippen molar-refractivity contribution >= 4 is 24.2 Å². The van der Waals surface area contributed by atoms with Crippen molar-refractivity contribution in [1.29, 1.82) is 0 Å². The second-order valence-corrected chi connectivity index (χ2v) is 5.41. The van der Waals surface area contributed by atoms with Crippen LogP contribution >= 0.6 is 12.6 Å². The minimum Gasteiger partial charge on any atom is -0.385 e. The molecule has 0 aromatic heterocycles. The van der Waals surface area contributed by atoms with Gasteiger partial charge in [-0.15, -0.1) is 0 Å². The summed E-state index contributed by atoms with van der Waals surface area (Å²) in [4.78, 5) is 14.3. The van der Waals surface area contributed by atoms with Crippen LogP contribution in [0.15, 0.2) is 24.3 Å². The van der Waals surface area contributed by atoms with Crippen LogP contribution < -0.4 is 5.32 Å². The molecule has 1 aromatic rings. The van der Waals surface area contributed by atoms with Crippen LogP contribution in [0.3, 0.4) is 0 Å². The number of carbonyl (C=O) groups excluding carboxylic acids is 1. The summed E-state index contributed by atoms with van der Waals surface area (Å²) in [6, 6.07) is 7.69. The van der Waals surface area contributed by atoms with Crippen molar-refractivity contribution < 1.29 is 4.79 Å². The third-order valence-corrected chi connectivity index (χ3v) is 4.10. The maximum atomic E-state index is 12.5. The highest BCUT2D eigenvalue weighted by molar-refractivity contribution is 7.80. The first-order valence-electron chi connectivity index (χ1n) is 7.33. The Hall–Kier alpha value is -1.16. The van der Waals surface area contributed by atoms with Gasteiger partial charge in [0.2, 0.25) is 0 Å². The van der Waals surface area contributed by atoms with Gasteiger partial charge in [-0.25, -0.2) is 0 Å². The summed E-state index contributed by atoms with van der Waals surface area (Å²) in [5.41, 5.74) is 1.66. The van der Waals surface area contributed by atoms with Crippen LogP contribution in [-0.4, -0.2) is 36.7 Å².